The Hall–Kier alpha value is -1.35. The molecule has 0 spiro atoms. The van der Waals surface area contributed by atoms with E-state index in [0.717, 1.165) is 6.07 Å². The first-order chi connectivity index (χ1) is 11.9. The molecule has 8 heteroatoms. The molecule has 1 fully saturated rings. The molecule has 0 unspecified atom stereocenters. The van der Waals surface area contributed by atoms with Gasteiger partial charge in [-0.05, 0) is 24.3 Å². The molecule has 0 N–H and O–H groups in total. The van der Waals surface area contributed by atoms with E-state index in [1.54, 1.807) is 30.3 Å². The Kier molecular flexibility index (Phi) is 5.52. The maximum absolute atomic E-state index is 13.8. The van der Waals surface area contributed by atoms with E-state index in [9.17, 15) is 17.2 Å². The highest BCUT2D eigenvalue weighted by atomic mass is 79.9. The van der Waals surface area contributed by atoms with Gasteiger partial charge in [0.2, 0.25) is 10.0 Å². The minimum Gasteiger partial charge on any atom is -0.296 e. The second-order valence-corrected chi connectivity index (χ2v) is 8.70. The van der Waals surface area contributed by atoms with Crippen LogP contribution in [0.3, 0.4) is 0 Å². The van der Waals surface area contributed by atoms with Crippen molar-refractivity contribution in [3.05, 3.63) is 64.1 Å². The SMILES string of the molecule is O=S(=O)(c1cccc(Br)c1)N1CCN(Cc2cccc(F)c2F)CC1. The Labute approximate surface area is 154 Å². The Balaban J connectivity index is 1.66. The maximum atomic E-state index is 13.8. The molecule has 2 aromatic rings. The molecule has 0 radical (unpaired) electrons. The van der Waals surface area contributed by atoms with Crippen molar-refractivity contribution in [3.63, 3.8) is 0 Å². The van der Waals surface area contributed by atoms with E-state index in [1.807, 2.05) is 4.90 Å². The summed E-state index contributed by atoms with van der Waals surface area (Å²) < 4.78 is 54.5. The van der Waals surface area contributed by atoms with E-state index < -0.39 is 21.7 Å². The highest BCUT2D eigenvalue weighted by Crippen LogP contribution is 2.22. The van der Waals surface area contributed by atoms with Gasteiger partial charge in [-0.25, -0.2) is 17.2 Å². The first kappa shape index (κ1) is 18.4. The number of rotatable bonds is 4. The van der Waals surface area contributed by atoms with E-state index in [-0.39, 0.29) is 17.0 Å². The van der Waals surface area contributed by atoms with Crippen molar-refractivity contribution in [3.8, 4) is 0 Å². The quantitative estimate of drug-likeness (QED) is 0.747. The molecule has 134 valence electrons. The fraction of sp³-hybridized carbons (Fsp3) is 0.294. The lowest BCUT2D eigenvalue weighted by Gasteiger charge is -2.34. The van der Waals surface area contributed by atoms with Crippen molar-refractivity contribution < 1.29 is 17.2 Å². The van der Waals surface area contributed by atoms with Crippen LogP contribution in [0.2, 0.25) is 0 Å². The van der Waals surface area contributed by atoms with Crippen LogP contribution in [-0.4, -0.2) is 43.8 Å². The zero-order chi connectivity index (χ0) is 18.0. The van der Waals surface area contributed by atoms with Gasteiger partial charge >= 0.3 is 0 Å². The van der Waals surface area contributed by atoms with Gasteiger partial charge in [-0.3, -0.25) is 4.90 Å². The molecule has 1 heterocycles. The summed E-state index contributed by atoms with van der Waals surface area (Å²) in [6.45, 7) is 1.80. The largest absolute Gasteiger partial charge is 0.296 e. The molecule has 2 aromatic carbocycles. The molecule has 25 heavy (non-hydrogen) atoms. The van der Waals surface area contributed by atoms with Crippen LogP contribution in [0.4, 0.5) is 8.78 Å². The fourth-order valence-corrected chi connectivity index (χ4v) is 4.84. The summed E-state index contributed by atoms with van der Waals surface area (Å²) in [5, 5.41) is 0. The van der Waals surface area contributed by atoms with Crippen molar-refractivity contribution in [2.75, 3.05) is 26.2 Å². The monoisotopic (exact) mass is 430 g/mol. The van der Waals surface area contributed by atoms with E-state index in [1.165, 1.54) is 10.4 Å². The molecule has 0 bridgehead atoms. The van der Waals surface area contributed by atoms with Crippen LogP contribution in [0.5, 0.6) is 0 Å². The summed E-state index contributed by atoms with van der Waals surface area (Å²) in [7, 11) is -3.55. The number of piperazine rings is 1. The number of nitrogens with zero attached hydrogens (tertiary/aromatic N) is 2. The lowest BCUT2D eigenvalue weighted by Crippen LogP contribution is -2.48. The predicted octanol–water partition coefficient (Wildman–Crippen LogP) is 3.23. The van der Waals surface area contributed by atoms with Crippen molar-refractivity contribution in [2.45, 2.75) is 11.4 Å². The summed E-state index contributed by atoms with van der Waals surface area (Å²) in [4.78, 5) is 2.16. The van der Waals surface area contributed by atoms with Gasteiger partial charge < -0.3 is 0 Å². The predicted molar refractivity (Wildman–Crippen MR) is 94.5 cm³/mol. The van der Waals surface area contributed by atoms with E-state index >= 15 is 0 Å². The highest BCUT2D eigenvalue weighted by molar-refractivity contribution is 9.10. The standard InChI is InChI=1S/C17H17BrF2N2O2S/c18-14-4-2-5-15(11-14)25(23,24)22-9-7-21(8-10-22)12-13-3-1-6-16(19)17(13)20/h1-6,11H,7-10,12H2. The normalized spacial score (nSPS) is 16.9. The Morgan fingerprint density at radius 3 is 2.36 bits per heavy atom. The van der Waals surface area contributed by atoms with Gasteiger partial charge in [0.1, 0.15) is 0 Å². The van der Waals surface area contributed by atoms with Crippen LogP contribution in [-0.2, 0) is 16.6 Å². The lowest BCUT2D eigenvalue weighted by molar-refractivity contribution is 0.179. The summed E-state index contributed by atoms with van der Waals surface area (Å²) in [5.41, 5.74) is 0.281. The molecule has 1 aliphatic heterocycles. The minimum atomic E-state index is -3.55. The average molecular weight is 431 g/mol. The molecule has 1 aliphatic rings. The van der Waals surface area contributed by atoms with Crippen LogP contribution in [0.1, 0.15) is 5.56 Å². The van der Waals surface area contributed by atoms with Crippen molar-refractivity contribution >= 4 is 26.0 Å². The molecule has 0 saturated carbocycles. The van der Waals surface area contributed by atoms with E-state index in [0.29, 0.717) is 30.7 Å². The first-order valence-electron chi connectivity index (χ1n) is 7.79. The minimum absolute atomic E-state index is 0.242. The third kappa shape index (κ3) is 4.08. The second-order valence-electron chi connectivity index (χ2n) is 5.85. The van der Waals surface area contributed by atoms with Crippen molar-refractivity contribution in [1.82, 2.24) is 9.21 Å². The number of halogens is 3. The number of hydrogen-bond acceptors (Lipinski definition) is 3. The smallest absolute Gasteiger partial charge is 0.243 e. The van der Waals surface area contributed by atoms with Gasteiger partial charge in [-0.1, -0.05) is 34.1 Å². The van der Waals surface area contributed by atoms with Gasteiger partial charge in [0, 0.05) is 42.8 Å². The molecular weight excluding hydrogens is 414 g/mol. The van der Waals surface area contributed by atoms with Crippen LogP contribution < -0.4 is 0 Å². The second kappa shape index (κ2) is 7.49. The molecule has 3 rings (SSSR count). The van der Waals surface area contributed by atoms with Gasteiger partial charge in [0.15, 0.2) is 11.6 Å². The van der Waals surface area contributed by atoms with Crippen molar-refractivity contribution in [1.29, 1.82) is 0 Å². The topological polar surface area (TPSA) is 40.6 Å². The third-order valence-electron chi connectivity index (χ3n) is 4.19. The van der Waals surface area contributed by atoms with Crippen LogP contribution >= 0.6 is 15.9 Å². The van der Waals surface area contributed by atoms with E-state index in [4.69, 9.17) is 0 Å². The highest BCUT2D eigenvalue weighted by Gasteiger charge is 2.28. The van der Waals surface area contributed by atoms with Gasteiger partial charge in [0.05, 0.1) is 4.90 Å². The van der Waals surface area contributed by atoms with Gasteiger partial charge in [-0.2, -0.15) is 4.31 Å². The van der Waals surface area contributed by atoms with Gasteiger partial charge in [0.25, 0.3) is 0 Å². The summed E-state index contributed by atoms with van der Waals surface area (Å²) >= 11 is 3.28. The Morgan fingerprint density at radius 2 is 1.68 bits per heavy atom. The van der Waals surface area contributed by atoms with Crippen LogP contribution in [0.15, 0.2) is 51.8 Å². The maximum Gasteiger partial charge on any atom is 0.243 e. The molecule has 0 aliphatic carbocycles. The zero-order valence-electron chi connectivity index (χ0n) is 13.3. The fourth-order valence-electron chi connectivity index (χ4n) is 2.82. The average Bonchev–Trinajstić information content (AvgIpc) is 2.59. The molecule has 4 nitrogen and oxygen atoms in total. The van der Waals surface area contributed by atoms with E-state index in [2.05, 4.69) is 15.9 Å². The Morgan fingerprint density at radius 1 is 1.00 bits per heavy atom. The number of benzene rings is 2. The molecule has 0 amide bonds. The van der Waals surface area contributed by atoms with Crippen LogP contribution in [0, 0.1) is 11.6 Å². The third-order valence-corrected chi connectivity index (χ3v) is 6.58. The molecule has 0 atom stereocenters. The summed E-state index contributed by atoms with van der Waals surface area (Å²) in [6.07, 6.45) is 0. The lowest BCUT2D eigenvalue weighted by atomic mass is 10.2. The van der Waals surface area contributed by atoms with Gasteiger partial charge in [-0.15, -0.1) is 0 Å². The summed E-state index contributed by atoms with van der Waals surface area (Å²) in [5.74, 6) is -1.71. The van der Waals surface area contributed by atoms with Crippen LogP contribution in [0.25, 0.3) is 0 Å². The summed E-state index contributed by atoms with van der Waals surface area (Å²) in [6, 6.07) is 10.7. The number of hydrogen-bond donors (Lipinski definition) is 0. The Bertz CT molecular complexity index is 869. The molecule has 0 aromatic heterocycles. The molecule has 1 saturated heterocycles. The van der Waals surface area contributed by atoms with Crippen molar-refractivity contribution in [2.24, 2.45) is 0 Å². The zero-order valence-corrected chi connectivity index (χ0v) is 15.7. The molecular formula is C17H17BrF2N2O2S. The first-order valence-corrected chi connectivity index (χ1v) is 10.0. The number of sulfonamides is 1.